The van der Waals surface area contributed by atoms with Crippen molar-refractivity contribution in [2.75, 3.05) is 24.9 Å². The van der Waals surface area contributed by atoms with Gasteiger partial charge in [0.25, 0.3) is 0 Å². The number of anilines is 3. The molecule has 174 valence electrons. The second-order valence-electron chi connectivity index (χ2n) is 6.97. The van der Waals surface area contributed by atoms with Gasteiger partial charge in [-0.15, -0.1) is 10.2 Å². The summed E-state index contributed by atoms with van der Waals surface area (Å²) in [5, 5.41) is 15.2. The average Bonchev–Trinajstić information content (AvgIpc) is 3.30. The fourth-order valence-corrected chi connectivity index (χ4v) is 5.28. The van der Waals surface area contributed by atoms with Gasteiger partial charge in [0.05, 0.1) is 19.2 Å². The van der Waals surface area contributed by atoms with Crippen LogP contribution >= 0.6 is 34.7 Å². The van der Waals surface area contributed by atoms with Crippen molar-refractivity contribution in [1.29, 1.82) is 0 Å². The number of methoxy groups -OCH3 is 2. The summed E-state index contributed by atoms with van der Waals surface area (Å²) in [7, 11) is 3.17. The highest BCUT2D eigenvalue weighted by Crippen LogP contribution is 2.39. The monoisotopic (exact) mass is 512 g/mol. The van der Waals surface area contributed by atoms with E-state index in [2.05, 4.69) is 20.8 Å². The molecule has 4 aromatic rings. The molecule has 7 nitrogen and oxygen atoms in total. The number of ether oxygens (including phenoxy) is 2. The Bertz CT molecular complexity index is 1250. The lowest BCUT2D eigenvalue weighted by Crippen LogP contribution is -2.19. The number of thioether (sulfide) groups is 1. The Morgan fingerprint density at radius 1 is 0.971 bits per heavy atom. The Labute approximate surface area is 210 Å². The molecule has 10 heteroatoms. The molecule has 0 unspecified atom stereocenters. The van der Waals surface area contributed by atoms with Gasteiger partial charge in [-0.3, -0.25) is 4.79 Å². The number of hydrogen-bond acceptors (Lipinski definition) is 8. The summed E-state index contributed by atoms with van der Waals surface area (Å²) in [4.78, 5) is 13.3. The van der Waals surface area contributed by atoms with E-state index >= 15 is 0 Å². The zero-order valence-corrected chi connectivity index (χ0v) is 20.7. The van der Waals surface area contributed by atoms with Gasteiger partial charge in [0.15, 0.2) is 4.34 Å². The highest BCUT2D eigenvalue weighted by molar-refractivity contribution is 8.02. The molecule has 0 radical (unpaired) electrons. The number of aromatic nitrogens is 2. The number of benzene rings is 3. The van der Waals surface area contributed by atoms with Crippen molar-refractivity contribution >= 4 is 57.1 Å². The van der Waals surface area contributed by atoms with Crippen molar-refractivity contribution in [3.8, 4) is 11.5 Å². The number of halogens is 1. The molecule has 0 aliphatic heterocycles. The maximum Gasteiger partial charge on any atom is 0.242 e. The molecule has 0 aliphatic carbocycles. The Hall–Kier alpha value is -3.27. The number of rotatable bonds is 9. The molecule has 1 heterocycles. The van der Waals surface area contributed by atoms with Crippen LogP contribution < -0.4 is 20.1 Å². The van der Waals surface area contributed by atoms with Gasteiger partial charge >= 0.3 is 0 Å². The molecular weight excluding hydrogens is 492 g/mol. The third-order valence-corrected chi connectivity index (χ3v) is 7.20. The van der Waals surface area contributed by atoms with Crippen LogP contribution in [0.5, 0.6) is 11.5 Å². The van der Waals surface area contributed by atoms with Crippen molar-refractivity contribution in [2.24, 2.45) is 0 Å². The third-order valence-electron chi connectivity index (χ3n) is 4.73. The van der Waals surface area contributed by atoms with Gasteiger partial charge in [-0.1, -0.05) is 65.0 Å². The minimum atomic E-state index is -0.538. The molecule has 0 spiro atoms. The first-order valence-corrected chi connectivity index (χ1v) is 12.2. The first-order chi connectivity index (χ1) is 16.6. The normalized spacial score (nSPS) is 11.5. The number of nitrogens with zero attached hydrogens (tertiary/aromatic N) is 2. The molecule has 0 bridgehead atoms. The predicted octanol–water partition coefficient (Wildman–Crippen LogP) is 6.42. The maximum atomic E-state index is 13.3. The standard InChI is InChI=1S/C24H21ClN4O3S2/c1-31-18-11-8-16(9-12-18)27-23-28-29-24(34-23)33-21(15-6-4-3-5-7-15)22(30)26-17-10-13-20(32-2)19(25)14-17/h3-14,21H,1-2H3,(H,26,30)(H,27,28)/t21-/m1/s1. The summed E-state index contributed by atoms with van der Waals surface area (Å²) in [6.07, 6.45) is 0. The van der Waals surface area contributed by atoms with E-state index in [1.165, 1.54) is 23.1 Å². The zero-order valence-electron chi connectivity index (χ0n) is 18.3. The largest absolute Gasteiger partial charge is 0.497 e. The Kier molecular flexibility index (Phi) is 7.89. The first kappa shape index (κ1) is 23.9. The average molecular weight is 513 g/mol. The van der Waals surface area contributed by atoms with Gasteiger partial charge in [0.2, 0.25) is 11.0 Å². The fourth-order valence-electron chi connectivity index (χ4n) is 3.06. The summed E-state index contributed by atoms with van der Waals surface area (Å²) in [6, 6.07) is 22.2. The molecule has 0 saturated heterocycles. The van der Waals surface area contributed by atoms with Crippen LogP contribution in [-0.2, 0) is 4.79 Å². The van der Waals surface area contributed by atoms with E-state index in [1.54, 1.807) is 32.4 Å². The smallest absolute Gasteiger partial charge is 0.242 e. The maximum absolute atomic E-state index is 13.3. The molecule has 0 fully saturated rings. The number of hydrogen-bond donors (Lipinski definition) is 2. The van der Waals surface area contributed by atoms with E-state index in [1.807, 2.05) is 54.6 Å². The minimum absolute atomic E-state index is 0.197. The molecule has 4 rings (SSSR count). The molecule has 34 heavy (non-hydrogen) atoms. The molecular formula is C24H21ClN4O3S2. The van der Waals surface area contributed by atoms with Crippen LogP contribution in [0.2, 0.25) is 5.02 Å². The van der Waals surface area contributed by atoms with E-state index < -0.39 is 5.25 Å². The van der Waals surface area contributed by atoms with Crippen molar-refractivity contribution in [2.45, 2.75) is 9.59 Å². The summed E-state index contributed by atoms with van der Waals surface area (Å²) in [5.41, 5.74) is 2.29. The third kappa shape index (κ3) is 5.99. The lowest BCUT2D eigenvalue weighted by Gasteiger charge is -2.16. The van der Waals surface area contributed by atoms with Crippen LogP contribution in [0.15, 0.2) is 77.1 Å². The Balaban J connectivity index is 1.50. The first-order valence-electron chi connectivity index (χ1n) is 10.2. The van der Waals surface area contributed by atoms with Crippen molar-refractivity contribution in [3.63, 3.8) is 0 Å². The molecule has 1 atom stereocenters. The van der Waals surface area contributed by atoms with Crippen molar-refractivity contribution < 1.29 is 14.3 Å². The van der Waals surface area contributed by atoms with Gasteiger partial charge in [0, 0.05) is 11.4 Å². The molecule has 1 amide bonds. The summed E-state index contributed by atoms with van der Waals surface area (Å²) in [5.74, 6) is 1.12. The van der Waals surface area contributed by atoms with Gasteiger partial charge in [-0.25, -0.2) is 0 Å². The summed E-state index contributed by atoms with van der Waals surface area (Å²) in [6.45, 7) is 0. The van der Waals surface area contributed by atoms with E-state index in [0.29, 0.717) is 25.9 Å². The zero-order chi connectivity index (χ0) is 23.9. The SMILES string of the molecule is COc1ccc(Nc2nnc(S[C@@H](C(=O)Nc3ccc(OC)c(Cl)c3)c3ccccc3)s2)cc1. The van der Waals surface area contributed by atoms with Gasteiger partial charge in [0.1, 0.15) is 16.7 Å². The van der Waals surface area contributed by atoms with Crippen LogP contribution in [0.4, 0.5) is 16.5 Å². The summed E-state index contributed by atoms with van der Waals surface area (Å²) < 4.78 is 11.0. The predicted molar refractivity (Wildman–Crippen MR) is 138 cm³/mol. The highest BCUT2D eigenvalue weighted by Gasteiger charge is 2.24. The van der Waals surface area contributed by atoms with Crippen LogP contribution in [0.1, 0.15) is 10.8 Å². The lowest BCUT2D eigenvalue weighted by molar-refractivity contribution is -0.115. The Morgan fingerprint density at radius 3 is 2.38 bits per heavy atom. The van der Waals surface area contributed by atoms with E-state index in [-0.39, 0.29) is 5.91 Å². The molecule has 1 aromatic heterocycles. The number of nitrogens with one attached hydrogen (secondary N) is 2. The van der Waals surface area contributed by atoms with Gasteiger partial charge in [-0.05, 0) is 48.0 Å². The highest BCUT2D eigenvalue weighted by atomic mass is 35.5. The lowest BCUT2D eigenvalue weighted by atomic mass is 10.1. The fraction of sp³-hybridized carbons (Fsp3) is 0.125. The molecule has 3 aromatic carbocycles. The van der Waals surface area contributed by atoms with Crippen LogP contribution in [0, 0.1) is 0 Å². The van der Waals surface area contributed by atoms with Crippen LogP contribution in [-0.4, -0.2) is 30.3 Å². The van der Waals surface area contributed by atoms with Gasteiger partial charge in [-0.2, -0.15) is 0 Å². The van der Waals surface area contributed by atoms with Crippen LogP contribution in [0.3, 0.4) is 0 Å². The number of carbonyl (C=O) groups is 1. The quantitative estimate of drug-likeness (QED) is 0.250. The van der Waals surface area contributed by atoms with Crippen molar-refractivity contribution in [3.05, 3.63) is 83.4 Å². The summed E-state index contributed by atoms with van der Waals surface area (Å²) >= 11 is 8.92. The number of amides is 1. The second-order valence-corrected chi connectivity index (χ2v) is 9.71. The van der Waals surface area contributed by atoms with E-state index in [4.69, 9.17) is 21.1 Å². The molecule has 0 aliphatic rings. The molecule has 2 N–H and O–H groups in total. The van der Waals surface area contributed by atoms with E-state index in [9.17, 15) is 4.79 Å². The minimum Gasteiger partial charge on any atom is -0.497 e. The molecule has 0 saturated carbocycles. The van der Waals surface area contributed by atoms with Crippen molar-refractivity contribution in [1.82, 2.24) is 10.2 Å². The Morgan fingerprint density at radius 2 is 1.71 bits per heavy atom. The van der Waals surface area contributed by atoms with Gasteiger partial charge < -0.3 is 20.1 Å². The van der Waals surface area contributed by atoms with E-state index in [0.717, 1.165) is 17.0 Å². The topological polar surface area (TPSA) is 85.4 Å². The second kappa shape index (κ2) is 11.2. The van der Waals surface area contributed by atoms with Crippen LogP contribution in [0.25, 0.3) is 0 Å². The number of carbonyl (C=O) groups excluding carboxylic acids is 1.